The molecule has 0 fully saturated rings. The van der Waals surface area contributed by atoms with Crippen molar-refractivity contribution in [2.45, 2.75) is 6.42 Å². The van der Waals surface area contributed by atoms with E-state index in [9.17, 15) is 14.9 Å². The van der Waals surface area contributed by atoms with Crippen molar-refractivity contribution in [2.75, 3.05) is 14.2 Å². The number of pyridine rings is 1. The van der Waals surface area contributed by atoms with Crippen molar-refractivity contribution in [3.8, 4) is 11.5 Å². The molecule has 0 aliphatic rings. The van der Waals surface area contributed by atoms with Gasteiger partial charge < -0.3 is 14.5 Å². The number of nitrogens with one attached hydrogen (secondary N) is 1. The molecule has 1 heterocycles. The molecular formula is C18H16N2O5. The monoisotopic (exact) mass is 340 g/mol. The summed E-state index contributed by atoms with van der Waals surface area (Å²) in [5.74, 6) is 1.11. The minimum atomic E-state index is -0.444. The molecule has 7 heteroatoms. The van der Waals surface area contributed by atoms with Gasteiger partial charge in [0.05, 0.1) is 19.1 Å². The molecule has 0 aliphatic carbocycles. The molecule has 0 aliphatic heterocycles. The van der Waals surface area contributed by atoms with Gasteiger partial charge in [-0.25, -0.2) is 0 Å². The van der Waals surface area contributed by atoms with E-state index in [1.165, 1.54) is 25.3 Å². The van der Waals surface area contributed by atoms with Gasteiger partial charge in [0.2, 0.25) is 5.56 Å². The minimum absolute atomic E-state index is 0.0292. The lowest BCUT2D eigenvalue weighted by Crippen LogP contribution is -2.09. The fourth-order valence-corrected chi connectivity index (χ4v) is 2.75. The molecule has 128 valence electrons. The summed E-state index contributed by atoms with van der Waals surface area (Å²) in [6.45, 7) is 0. The van der Waals surface area contributed by atoms with Gasteiger partial charge in [0.1, 0.15) is 0 Å². The quantitative estimate of drug-likeness (QED) is 0.569. The van der Waals surface area contributed by atoms with Crippen LogP contribution in [-0.2, 0) is 6.42 Å². The Labute approximate surface area is 143 Å². The van der Waals surface area contributed by atoms with Gasteiger partial charge in [0.25, 0.3) is 5.69 Å². The van der Waals surface area contributed by atoms with E-state index in [0.29, 0.717) is 23.6 Å². The van der Waals surface area contributed by atoms with E-state index < -0.39 is 4.92 Å². The number of rotatable bonds is 5. The number of benzene rings is 2. The number of aromatic amines is 1. The molecule has 3 rings (SSSR count). The number of nitro benzene ring substituents is 1. The first-order chi connectivity index (χ1) is 12.0. The predicted molar refractivity (Wildman–Crippen MR) is 93.6 cm³/mol. The van der Waals surface area contributed by atoms with Crippen molar-refractivity contribution in [1.82, 2.24) is 4.98 Å². The Balaban J connectivity index is 2.08. The number of aromatic nitrogens is 1. The molecule has 0 atom stereocenters. The van der Waals surface area contributed by atoms with Gasteiger partial charge in [-0.3, -0.25) is 14.9 Å². The highest BCUT2D eigenvalue weighted by Crippen LogP contribution is 2.33. The van der Waals surface area contributed by atoms with E-state index in [1.807, 2.05) is 6.07 Å². The van der Waals surface area contributed by atoms with Gasteiger partial charge >= 0.3 is 0 Å². The van der Waals surface area contributed by atoms with Crippen LogP contribution in [0.3, 0.4) is 0 Å². The zero-order valence-electron chi connectivity index (χ0n) is 13.7. The van der Waals surface area contributed by atoms with Crippen molar-refractivity contribution < 1.29 is 14.4 Å². The molecule has 0 saturated carbocycles. The average molecular weight is 340 g/mol. The molecule has 3 aromatic rings. The van der Waals surface area contributed by atoms with Crippen LogP contribution >= 0.6 is 0 Å². The predicted octanol–water partition coefficient (Wildman–Crippen LogP) is 3.04. The maximum absolute atomic E-state index is 12.0. The number of H-pyrrole nitrogens is 1. The summed E-state index contributed by atoms with van der Waals surface area (Å²) in [4.78, 5) is 25.1. The van der Waals surface area contributed by atoms with Crippen LogP contribution in [0.25, 0.3) is 10.8 Å². The van der Waals surface area contributed by atoms with Crippen molar-refractivity contribution in [2.24, 2.45) is 0 Å². The van der Waals surface area contributed by atoms with Crippen LogP contribution in [0.4, 0.5) is 5.69 Å². The first-order valence-electron chi connectivity index (χ1n) is 7.53. The van der Waals surface area contributed by atoms with Gasteiger partial charge in [-0.05, 0) is 23.1 Å². The van der Waals surface area contributed by atoms with Crippen molar-refractivity contribution in [3.05, 3.63) is 74.2 Å². The maximum Gasteiger partial charge on any atom is 0.269 e. The molecule has 0 spiro atoms. The fourth-order valence-electron chi connectivity index (χ4n) is 2.75. The number of nitrogens with zero attached hydrogens (tertiary/aromatic N) is 1. The Morgan fingerprint density at radius 1 is 1.04 bits per heavy atom. The largest absolute Gasteiger partial charge is 0.493 e. The van der Waals surface area contributed by atoms with Crippen LogP contribution in [0.1, 0.15) is 11.3 Å². The van der Waals surface area contributed by atoms with E-state index in [2.05, 4.69) is 4.98 Å². The highest BCUT2D eigenvalue weighted by molar-refractivity contribution is 5.88. The molecular weight excluding hydrogens is 324 g/mol. The van der Waals surface area contributed by atoms with Crippen LogP contribution in [0.5, 0.6) is 11.5 Å². The number of nitro groups is 1. The Morgan fingerprint density at radius 3 is 2.28 bits per heavy atom. The van der Waals surface area contributed by atoms with E-state index in [0.717, 1.165) is 16.3 Å². The highest BCUT2D eigenvalue weighted by Gasteiger charge is 2.12. The van der Waals surface area contributed by atoms with E-state index in [4.69, 9.17) is 9.47 Å². The Morgan fingerprint density at radius 2 is 1.68 bits per heavy atom. The standard InChI is InChI=1S/C18H16N2O5/c1-24-16-8-12-9-18(21)19-15(14(12)10-17(16)25-2)7-11-3-5-13(6-4-11)20(22)23/h3-6,8-10H,7H2,1-2H3,(H,19,21). The molecule has 1 aromatic heterocycles. The number of non-ortho nitro benzene ring substituents is 1. The zero-order valence-corrected chi connectivity index (χ0v) is 13.7. The molecule has 0 radical (unpaired) electrons. The molecule has 25 heavy (non-hydrogen) atoms. The first-order valence-corrected chi connectivity index (χ1v) is 7.53. The highest BCUT2D eigenvalue weighted by atomic mass is 16.6. The fraction of sp³-hybridized carbons (Fsp3) is 0.167. The second kappa shape index (κ2) is 6.64. The van der Waals surface area contributed by atoms with Crippen LogP contribution in [-0.4, -0.2) is 24.1 Å². The molecule has 7 nitrogen and oxygen atoms in total. The number of hydrogen-bond donors (Lipinski definition) is 1. The van der Waals surface area contributed by atoms with Gasteiger partial charge in [0.15, 0.2) is 11.5 Å². The van der Waals surface area contributed by atoms with Crippen LogP contribution in [0.15, 0.2) is 47.3 Å². The van der Waals surface area contributed by atoms with Crippen molar-refractivity contribution in [1.29, 1.82) is 0 Å². The smallest absolute Gasteiger partial charge is 0.269 e. The van der Waals surface area contributed by atoms with E-state index >= 15 is 0 Å². The molecule has 0 bridgehead atoms. The normalized spacial score (nSPS) is 10.6. The molecule has 2 aromatic carbocycles. The van der Waals surface area contributed by atoms with Crippen LogP contribution in [0, 0.1) is 10.1 Å². The summed E-state index contributed by atoms with van der Waals surface area (Å²) in [6, 6.07) is 11.3. The van der Waals surface area contributed by atoms with Crippen LogP contribution < -0.4 is 15.0 Å². The number of fused-ring (bicyclic) bond motifs is 1. The third-order valence-corrected chi connectivity index (χ3v) is 3.97. The Bertz CT molecular complexity index is 993. The summed E-state index contributed by atoms with van der Waals surface area (Å²) in [5.41, 5.74) is 1.36. The summed E-state index contributed by atoms with van der Waals surface area (Å²) < 4.78 is 10.6. The Hall–Kier alpha value is -3.35. The lowest BCUT2D eigenvalue weighted by molar-refractivity contribution is -0.384. The number of methoxy groups -OCH3 is 2. The zero-order chi connectivity index (χ0) is 18.0. The number of hydrogen-bond acceptors (Lipinski definition) is 5. The summed E-state index contributed by atoms with van der Waals surface area (Å²) >= 11 is 0. The minimum Gasteiger partial charge on any atom is -0.493 e. The molecule has 0 unspecified atom stereocenters. The third-order valence-electron chi connectivity index (χ3n) is 3.97. The third kappa shape index (κ3) is 3.30. The van der Waals surface area contributed by atoms with E-state index in [-0.39, 0.29) is 11.2 Å². The van der Waals surface area contributed by atoms with Crippen molar-refractivity contribution >= 4 is 16.5 Å². The average Bonchev–Trinajstić information content (AvgIpc) is 2.61. The second-order valence-corrected chi connectivity index (χ2v) is 5.51. The van der Waals surface area contributed by atoms with Crippen LogP contribution in [0.2, 0.25) is 0 Å². The van der Waals surface area contributed by atoms with E-state index in [1.54, 1.807) is 25.3 Å². The molecule has 1 N–H and O–H groups in total. The lowest BCUT2D eigenvalue weighted by atomic mass is 10.0. The van der Waals surface area contributed by atoms with Gasteiger partial charge in [-0.1, -0.05) is 12.1 Å². The second-order valence-electron chi connectivity index (χ2n) is 5.51. The molecule has 0 amide bonds. The molecule has 0 saturated heterocycles. The van der Waals surface area contributed by atoms with Gasteiger partial charge in [0, 0.05) is 35.7 Å². The maximum atomic E-state index is 12.0. The SMILES string of the molecule is COc1cc2cc(=O)[nH]c(Cc3ccc([N+](=O)[O-])cc3)c2cc1OC. The Kier molecular flexibility index (Phi) is 4.38. The lowest BCUT2D eigenvalue weighted by Gasteiger charge is -2.12. The van der Waals surface area contributed by atoms with Crippen molar-refractivity contribution in [3.63, 3.8) is 0 Å². The summed E-state index contributed by atoms with van der Waals surface area (Å²) in [6.07, 6.45) is 0.431. The first kappa shape index (κ1) is 16.5. The summed E-state index contributed by atoms with van der Waals surface area (Å²) in [7, 11) is 3.08. The van der Waals surface area contributed by atoms with Gasteiger partial charge in [-0.15, -0.1) is 0 Å². The number of ether oxygens (including phenoxy) is 2. The van der Waals surface area contributed by atoms with Gasteiger partial charge in [-0.2, -0.15) is 0 Å². The summed E-state index contributed by atoms with van der Waals surface area (Å²) in [5, 5.41) is 12.3. The topological polar surface area (TPSA) is 94.5 Å².